The lowest BCUT2D eigenvalue weighted by Gasteiger charge is -2.19. The van der Waals surface area contributed by atoms with E-state index in [0.717, 1.165) is 45.4 Å². The Labute approximate surface area is 314 Å². The number of carbonyl (C=O) groups excluding carboxylic acids is 1. The van der Waals surface area contributed by atoms with Gasteiger partial charge in [-0.25, -0.2) is 0 Å². The van der Waals surface area contributed by atoms with E-state index >= 15 is 0 Å². The van der Waals surface area contributed by atoms with Crippen molar-refractivity contribution < 1.29 is 19.0 Å². The van der Waals surface area contributed by atoms with Gasteiger partial charge >= 0.3 is 0 Å². The molecule has 0 heterocycles. The molecule has 0 aromatic carbocycles. The van der Waals surface area contributed by atoms with Crippen molar-refractivity contribution in [2.75, 3.05) is 47.3 Å². The number of nitrogens with zero attached hydrogens (tertiary/aromatic N) is 1. The van der Waals surface area contributed by atoms with E-state index in [0.29, 0.717) is 13.4 Å². The third kappa shape index (κ3) is 47.0. The molecule has 0 aromatic heterocycles. The molecule has 1 unspecified atom stereocenters. The normalized spacial score (nSPS) is 12.3. The van der Waals surface area contributed by atoms with Crippen LogP contribution in [0.15, 0.2) is 24.3 Å². The Balaban J connectivity index is 0. The van der Waals surface area contributed by atoms with Crippen LogP contribution in [0.1, 0.15) is 206 Å². The number of hydrogen-bond donors (Lipinski definition) is 0. The van der Waals surface area contributed by atoms with Crippen LogP contribution in [-0.4, -0.2) is 65.0 Å². The van der Waals surface area contributed by atoms with Crippen molar-refractivity contribution in [3.63, 3.8) is 0 Å². The van der Waals surface area contributed by atoms with Crippen LogP contribution in [0.3, 0.4) is 0 Å². The topological polar surface area (TPSA) is 48.0 Å². The fourth-order valence-electron chi connectivity index (χ4n) is 6.17. The molecule has 0 aliphatic rings. The monoisotopic (exact) mass is 708 g/mol. The van der Waals surface area contributed by atoms with Gasteiger partial charge in [-0.05, 0) is 97.7 Å². The first kappa shape index (κ1) is 51.1. The molecule has 0 spiro atoms. The minimum atomic E-state index is 0.138. The van der Waals surface area contributed by atoms with Crippen LogP contribution in [-0.2, 0) is 19.0 Å². The molecule has 0 saturated carbocycles. The molecule has 0 bridgehead atoms. The Bertz CT molecular complexity index is 653. The van der Waals surface area contributed by atoms with Gasteiger partial charge in [0.25, 0.3) is 0 Å². The zero-order valence-corrected chi connectivity index (χ0v) is 34.4. The maximum atomic E-state index is 8.00. The first-order chi connectivity index (χ1) is 24.7. The quantitative estimate of drug-likeness (QED) is 0.0360. The van der Waals surface area contributed by atoms with Crippen LogP contribution in [0.25, 0.3) is 0 Å². The molecule has 0 fully saturated rings. The summed E-state index contributed by atoms with van der Waals surface area (Å²) in [5.74, 6) is 0. The molecule has 0 aromatic rings. The highest BCUT2D eigenvalue weighted by molar-refractivity contribution is 5.11. The van der Waals surface area contributed by atoms with Crippen molar-refractivity contribution in [1.82, 2.24) is 4.90 Å². The van der Waals surface area contributed by atoms with E-state index in [-0.39, 0.29) is 6.10 Å². The Kier molecular flexibility index (Phi) is 49.0. The molecule has 1 atom stereocenters. The molecule has 5 heteroatoms. The van der Waals surface area contributed by atoms with Gasteiger partial charge in [0.05, 0.1) is 12.7 Å². The summed E-state index contributed by atoms with van der Waals surface area (Å²) in [6.07, 6.45) is 49.4. The summed E-state index contributed by atoms with van der Waals surface area (Å²) in [4.78, 5) is 10.2. The average Bonchev–Trinajstić information content (AvgIpc) is 3.12. The number of carbonyl (C=O) groups is 1. The molecule has 0 radical (unpaired) electrons. The van der Waals surface area contributed by atoms with E-state index in [9.17, 15) is 0 Å². The molecule has 0 aliphatic carbocycles. The number of hydrogen-bond acceptors (Lipinski definition) is 5. The van der Waals surface area contributed by atoms with Gasteiger partial charge < -0.3 is 23.9 Å². The first-order valence-corrected chi connectivity index (χ1v) is 21.7. The van der Waals surface area contributed by atoms with E-state index in [1.54, 1.807) is 0 Å². The maximum Gasteiger partial charge on any atom is 0.147 e. The molecule has 298 valence electrons. The fraction of sp³-hybridized carbons (Fsp3) is 0.889. The molecule has 5 nitrogen and oxygen atoms in total. The Hall–Kier alpha value is -1.01. The highest BCUT2D eigenvalue weighted by atomic mass is 16.7. The van der Waals surface area contributed by atoms with E-state index < -0.39 is 0 Å². The summed E-state index contributed by atoms with van der Waals surface area (Å²) >= 11 is 0. The maximum absolute atomic E-state index is 8.00. The van der Waals surface area contributed by atoms with Gasteiger partial charge in [-0.2, -0.15) is 0 Å². The smallest absolute Gasteiger partial charge is 0.147 e. The standard InChI is InChI=1S/C44H87NO3.CH2O/c1-5-7-9-11-13-15-17-19-21-23-25-27-29-31-33-35-40-46-42-44(38-37-39-45(3)4)48-43-47-41-36-34-32-30-28-26-24-22-20-18-16-14-12-10-8-6-2;1-2/h19-22,44H,5-18,23-43H2,1-4H3;1H2/b21-19-,22-20-;. The summed E-state index contributed by atoms with van der Waals surface area (Å²) in [5.41, 5.74) is 0. The second-order valence-corrected chi connectivity index (χ2v) is 14.7. The van der Waals surface area contributed by atoms with Crippen LogP contribution >= 0.6 is 0 Å². The van der Waals surface area contributed by atoms with Crippen LogP contribution in [0, 0.1) is 0 Å². The molecular formula is C45H89NO4. The predicted molar refractivity (Wildman–Crippen MR) is 220 cm³/mol. The van der Waals surface area contributed by atoms with E-state index in [1.165, 1.54) is 167 Å². The van der Waals surface area contributed by atoms with Crippen molar-refractivity contribution in [3.8, 4) is 0 Å². The van der Waals surface area contributed by atoms with Crippen molar-refractivity contribution in [3.05, 3.63) is 24.3 Å². The van der Waals surface area contributed by atoms with Gasteiger partial charge in [0.15, 0.2) is 0 Å². The lowest BCUT2D eigenvalue weighted by molar-refractivity contribution is -0.114. The fourth-order valence-corrected chi connectivity index (χ4v) is 6.17. The number of unbranched alkanes of at least 4 members (excludes halogenated alkanes) is 24. The van der Waals surface area contributed by atoms with Gasteiger partial charge in [-0.3, -0.25) is 0 Å². The molecule has 0 saturated heterocycles. The third-order valence-electron chi connectivity index (χ3n) is 9.42. The Morgan fingerprint density at radius 3 is 1.24 bits per heavy atom. The molecular weight excluding hydrogens is 618 g/mol. The molecule has 50 heavy (non-hydrogen) atoms. The zero-order valence-electron chi connectivity index (χ0n) is 34.4. The SMILES string of the molecule is C=O.CCCCCCCC/C=C\CCCCCCCCOCOC(CCCN(C)C)COCCCCCCCC/C=C\CCCCCCCC. The van der Waals surface area contributed by atoms with E-state index in [1.807, 2.05) is 6.79 Å². The highest BCUT2D eigenvalue weighted by Gasteiger charge is 2.10. The van der Waals surface area contributed by atoms with Crippen molar-refractivity contribution in [1.29, 1.82) is 0 Å². The van der Waals surface area contributed by atoms with Gasteiger partial charge in [0, 0.05) is 13.2 Å². The second kappa shape index (κ2) is 48.0. The number of allylic oxidation sites excluding steroid dienone is 4. The zero-order chi connectivity index (χ0) is 36.9. The summed E-state index contributed by atoms with van der Waals surface area (Å²) in [7, 11) is 4.27. The minimum absolute atomic E-state index is 0.138. The van der Waals surface area contributed by atoms with Crippen molar-refractivity contribution in [2.24, 2.45) is 0 Å². The highest BCUT2D eigenvalue weighted by Crippen LogP contribution is 2.12. The third-order valence-corrected chi connectivity index (χ3v) is 9.42. The minimum Gasteiger partial charge on any atom is -0.379 e. The van der Waals surface area contributed by atoms with Crippen LogP contribution in [0.5, 0.6) is 0 Å². The summed E-state index contributed by atoms with van der Waals surface area (Å²) in [6.45, 7) is 10.4. The molecule has 0 amide bonds. The van der Waals surface area contributed by atoms with E-state index in [4.69, 9.17) is 19.0 Å². The lowest BCUT2D eigenvalue weighted by atomic mass is 10.1. The average molecular weight is 708 g/mol. The molecule has 0 aliphatic heterocycles. The summed E-state index contributed by atoms with van der Waals surface area (Å²) < 4.78 is 18.0. The van der Waals surface area contributed by atoms with Gasteiger partial charge in [0.2, 0.25) is 0 Å². The largest absolute Gasteiger partial charge is 0.379 e. The Morgan fingerprint density at radius 1 is 0.480 bits per heavy atom. The van der Waals surface area contributed by atoms with Crippen LogP contribution < -0.4 is 0 Å². The summed E-state index contributed by atoms with van der Waals surface area (Å²) in [5, 5.41) is 0. The van der Waals surface area contributed by atoms with Crippen LogP contribution in [0.2, 0.25) is 0 Å². The first-order valence-electron chi connectivity index (χ1n) is 21.7. The van der Waals surface area contributed by atoms with Gasteiger partial charge in [0.1, 0.15) is 13.6 Å². The molecule has 0 N–H and O–H groups in total. The van der Waals surface area contributed by atoms with E-state index in [2.05, 4.69) is 57.1 Å². The van der Waals surface area contributed by atoms with Crippen molar-refractivity contribution >= 4 is 6.79 Å². The Morgan fingerprint density at radius 2 is 0.840 bits per heavy atom. The molecule has 0 rings (SSSR count). The summed E-state index contributed by atoms with van der Waals surface area (Å²) in [6, 6.07) is 0. The predicted octanol–water partition coefficient (Wildman–Crippen LogP) is 13.6. The lowest BCUT2D eigenvalue weighted by Crippen LogP contribution is -2.24. The van der Waals surface area contributed by atoms with Crippen molar-refractivity contribution in [2.45, 2.75) is 213 Å². The van der Waals surface area contributed by atoms with Gasteiger partial charge in [-0.15, -0.1) is 0 Å². The second-order valence-electron chi connectivity index (χ2n) is 14.7. The van der Waals surface area contributed by atoms with Crippen LogP contribution in [0.4, 0.5) is 0 Å². The number of ether oxygens (including phenoxy) is 3. The number of rotatable bonds is 41. The van der Waals surface area contributed by atoms with Gasteiger partial charge in [-0.1, -0.05) is 154 Å².